The molecule has 0 atom stereocenters. The molecule has 0 amide bonds. The highest BCUT2D eigenvalue weighted by atomic mass is 14.9. The molecule has 0 fully saturated rings. The fourth-order valence-electron chi connectivity index (χ4n) is 3.14. The van der Waals surface area contributed by atoms with E-state index in [4.69, 9.17) is 0 Å². The fourth-order valence-corrected chi connectivity index (χ4v) is 3.14. The number of allylic oxidation sites excluding steroid dienone is 1. The van der Waals surface area contributed by atoms with E-state index in [1.165, 1.54) is 22.3 Å². The molecule has 0 spiro atoms. The average molecular weight is 325 g/mol. The average Bonchev–Trinajstić information content (AvgIpc) is 2.98. The summed E-state index contributed by atoms with van der Waals surface area (Å²) in [5.74, 6) is 6.28. The number of aryl methyl sites for hydroxylation is 1. The normalized spacial score (nSPS) is 10.2. The molecule has 0 saturated heterocycles. The van der Waals surface area contributed by atoms with Gasteiger partial charge < -0.3 is 4.57 Å². The van der Waals surface area contributed by atoms with Crippen molar-refractivity contribution in [3.8, 4) is 17.5 Å². The Morgan fingerprint density at radius 2 is 1.84 bits per heavy atom. The van der Waals surface area contributed by atoms with Gasteiger partial charge in [-0.1, -0.05) is 54.5 Å². The Hall–Kier alpha value is -2.98. The third kappa shape index (κ3) is 3.75. The molecule has 1 aromatic heterocycles. The van der Waals surface area contributed by atoms with Crippen molar-refractivity contribution in [2.24, 2.45) is 0 Å². The van der Waals surface area contributed by atoms with Gasteiger partial charge in [-0.25, -0.2) is 0 Å². The van der Waals surface area contributed by atoms with Crippen LogP contribution in [0.25, 0.3) is 11.3 Å². The van der Waals surface area contributed by atoms with Crippen LogP contribution in [-0.2, 0) is 6.42 Å². The van der Waals surface area contributed by atoms with E-state index in [1.54, 1.807) is 0 Å². The molecule has 0 aliphatic carbocycles. The monoisotopic (exact) mass is 325 g/mol. The summed E-state index contributed by atoms with van der Waals surface area (Å²) in [6.45, 7) is 10.1. The Morgan fingerprint density at radius 3 is 2.48 bits per heavy atom. The maximum Gasteiger partial charge on any atom is 0.0461 e. The summed E-state index contributed by atoms with van der Waals surface area (Å²) >= 11 is 0. The van der Waals surface area contributed by atoms with Crippen LogP contribution in [0.3, 0.4) is 0 Å². The Kier molecular flexibility index (Phi) is 4.91. The first-order valence-electron chi connectivity index (χ1n) is 8.53. The van der Waals surface area contributed by atoms with Crippen molar-refractivity contribution >= 4 is 5.57 Å². The summed E-state index contributed by atoms with van der Waals surface area (Å²) in [4.78, 5) is 0. The molecule has 0 radical (unpaired) electrons. The number of aromatic nitrogens is 1. The Labute approximate surface area is 150 Å². The molecule has 124 valence electrons. The van der Waals surface area contributed by atoms with Gasteiger partial charge in [-0.2, -0.15) is 0 Å². The van der Waals surface area contributed by atoms with E-state index in [0.29, 0.717) is 0 Å². The minimum Gasteiger partial charge on any atom is -0.322 e. The molecule has 0 bridgehead atoms. The lowest BCUT2D eigenvalue weighted by Gasteiger charge is -2.09. The Bertz CT molecular complexity index is 962. The highest BCUT2D eigenvalue weighted by molar-refractivity contribution is 5.66. The zero-order valence-electron chi connectivity index (χ0n) is 15.1. The third-order valence-electron chi connectivity index (χ3n) is 4.37. The predicted molar refractivity (Wildman–Crippen MR) is 107 cm³/mol. The van der Waals surface area contributed by atoms with Crippen LogP contribution in [0, 0.1) is 18.8 Å². The molecule has 0 unspecified atom stereocenters. The second-order valence-electron chi connectivity index (χ2n) is 6.42. The van der Waals surface area contributed by atoms with Crippen molar-refractivity contribution in [2.75, 3.05) is 0 Å². The van der Waals surface area contributed by atoms with Crippen LogP contribution in [0.2, 0.25) is 0 Å². The summed E-state index contributed by atoms with van der Waals surface area (Å²) in [7, 11) is 0. The summed E-state index contributed by atoms with van der Waals surface area (Å²) in [6.07, 6.45) is 5.21. The van der Waals surface area contributed by atoms with Gasteiger partial charge in [0.25, 0.3) is 0 Å². The number of rotatable bonds is 4. The summed E-state index contributed by atoms with van der Waals surface area (Å²) in [5.41, 5.74) is 8.35. The lowest BCUT2D eigenvalue weighted by Crippen LogP contribution is -1.93. The van der Waals surface area contributed by atoms with Gasteiger partial charge in [-0.3, -0.25) is 0 Å². The van der Waals surface area contributed by atoms with E-state index in [1.807, 2.05) is 19.9 Å². The number of benzene rings is 2. The van der Waals surface area contributed by atoms with E-state index in [-0.39, 0.29) is 0 Å². The number of hydrogen-bond acceptors (Lipinski definition) is 0. The third-order valence-corrected chi connectivity index (χ3v) is 4.37. The first kappa shape index (κ1) is 16.9. The summed E-state index contributed by atoms with van der Waals surface area (Å²) in [6, 6.07) is 17.0. The molecule has 0 aliphatic rings. The zero-order valence-corrected chi connectivity index (χ0v) is 15.1. The van der Waals surface area contributed by atoms with E-state index in [2.05, 4.69) is 84.8 Å². The molecule has 1 nitrogen and oxygen atoms in total. The molecule has 0 saturated carbocycles. The van der Waals surface area contributed by atoms with E-state index < -0.39 is 0 Å². The highest BCUT2D eigenvalue weighted by Crippen LogP contribution is 2.23. The molecule has 25 heavy (non-hydrogen) atoms. The van der Waals surface area contributed by atoms with Gasteiger partial charge >= 0.3 is 0 Å². The van der Waals surface area contributed by atoms with Crippen molar-refractivity contribution in [1.82, 2.24) is 4.57 Å². The van der Waals surface area contributed by atoms with Gasteiger partial charge in [0.05, 0.1) is 0 Å². The van der Waals surface area contributed by atoms with E-state index in [0.717, 1.165) is 23.2 Å². The quantitative estimate of drug-likeness (QED) is 0.536. The maximum absolute atomic E-state index is 4.05. The van der Waals surface area contributed by atoms with Gasteiger partial charge in [-0.05, 0) is 55.2 Å². The molecule has 0 aliphatic heterocycles. The SMILES string of the molecule is C=C(C)c1ccc(-n2cc(C#CC)c(Cc3ccccc3)c2)cc1C. The number of hydrogen-bond donors (Lipinski definition) is 0. The first-order valence-corrected chi connectivity index (χ1v) is 8.53. The molecule has 2 aromatic carbocycles. The van der Waals surface area contributed by atoms with Gasteiger partial charge in [-0.15, -0.1) is 5.92 Å². The highest BCUT2D eigenvalue weighted by Gasteiger charge is 2.09. The smallest absolute Gasteiger partial charge is 0.0461 e. The molecule has 0 N–H and O–H groups in total. The fraction of sp³-hybridized carbons (Fsp3) is 0.167. The first-order chi connectivity index (χ1) is 12.1. The largest absolute Gasteiger partial charge is 0.322 e. The second-order valence-corrected chi connectivity index (χ2v) is 6.42. The van der Waals surface area contributed by atoms with Gasteiger partial charge in [0.2, 0.25) is 0 Å². The molecule has 1 heteroatoms. The van der Waals surface area contributed by atoms with Gasteiger partial charge in [0.15, 0.2) is 0 Å². The lowest BCUT2D eigenvalue weighted by atomic mass is 10.0. The molecular formula is C24H23N. The van der Waals surface area contributed by atoms with Crippen LogP contribution in [0.5, 0.6) is 0 Å². The standard InChI is InChI=1S/C24H23N/c1-5-9-21-16-25(17-22(21)15-20-10-7-6-8-11-20)23-12-13-24(18(2)3)19(4)14-23/h6-8,10-14,16-17H,2,15H2,1,3-4H3. The Morgan fingerprint density at radius 1 is 1.08 bits per heavy atom. The minimum atomic E-state index is 0.890. The molecule has 1 heterocycles. The zero-order chi connectivity index (χ0) is 17.8. The lowest BCUT2D eigenvalue weighted by molar-refractivity contribution is 1.06. The van der Waals surface area contributed by atoms with Crippen LogP contribution >= 0.6 is 0 Å². The minimum absolute atomic E-state index is 0.890. The predicted octanol–water partition coefficient (Wildman–Crippen LogP) is 5.78. The van der Waals surface area contributed by atoms with E-state index in [9.17, 15) is 0 Å². The van der Waals surface area contributed by atoms with Crippen LogP contribution in [0.15, 0.2) is 67.5 Å². The van der Waals surface area contributed by atoms with Crippen LogP contribution < -0.4 is 0 Å². The van der Waals surface area contributed by atoms with Crippen LogP contribution in [0.1, 0.15) is 41.7 Å². The Balaban J connectivity index is 2.00. The molecular weight excluding hydrogens is 302 g/mol. The summed E-state index contributed by atoms with van der Waals surface area (Å²) < 4.78 is 2.17. The topological polar surface area (TPSA) is 4.93 Å². The van der Waals surface area contributed by atoms with Crippen molar-refractivity contribution < 1.29 is 0 Å². The van der Waals surface area contributed by atoms with Crippen molar-refractivity contribution in [2.45, 2.75) is 27.2 Å². The van der Waals surface area contributed by atoms with Crippen molar-refractivity contribution in [1.29, 1.82) is 0 Å². The maximum atomic E-state index is 4.05. The van der Waals surface area contributed by atoms with Crippen molar-refractivity contribution in [3.63, 3.8) is 0 Å². The van der Waals surface area contributed by atoms with Crippen LogP contribution in [0.4, 0.5) is 0 Å². The molecule has 3 aromatic rings. The summed E-state index contributed by atoms with van der Waals surface area (Å²) in [5, 5.41) is 0. The molecule has 3 rings (SSSR count). The second kappa shape index (κ2) is 7.28. The van der Waals surface area contributed by atoms with Gasteiger partial charge in [0.1, 0.15) is 0 Å². The number of nitrogens with zero attached hydrogens (tertiary/aromatic N) is 1. The van der Waals surface area contributed by atoms with Crippen molar-refractivity contribution in [3.05, 3.63) is 95.3 Å². The van der Waals surface area contributed by atoms with Crippen LogP contribution in [-0.4, -0.2) is 4.57 Å². The van der Waals surface area contributed by atoms with Gasteiger partial charge in [0, 0.05) is 30.1 Å². The van der Waals surface area contributed by atoms with E-state index >= 15 is 0 Å².